The third-order valence-corrected chi connectivity index (χ3v) is 9.79. The molecule has 7 nitrogen and oxygen atoms in total. The molecule has 1 aliphatic rings. The standard InChI is InChI=1S/C27H25ClF3N3O4S2/c1-15-4-6-19-18(7-9-22(37-3)25(19)32-15)20-13-24(39-26(20)28)40(35,36)33-16-5-8-21(27(29,30)31)23(12-16)38-17-10-11-34(2)14-17/h4-9,12-13,17,33H,10-11,14H2,1-3H3/t17-/m1/s1. The first kappa shape index (κ1) is 28.5. The van der Waals surface area contributed by atoms with E-state index in [4.69, 9.17) is 21.1 Å². The highest BCUT2D eigenvalue weighted by Gasteiger charge is 2.36. The van der Waals surface area contributed by atoms with Gasteiger partial charge in [0.05, 0.1) is 18.4 Å². The molecule has 1 N–H and O–H groups in total. The Kier molecular flexibility index (Phi) is 7.64. The Hall–Kier alpha value is -3.06. The second kappa shape index (κ2) is 10.7. The van der Waals surface area contributed by atoms with E-state index in [1.54, 1.807) is 12.1 Å². The number of thiophene rings is 1. The molecule has 40 heavy (non-hydrogen) atoms. The number of anilines is 1. The number of benzene rings is 2. The molecule has 0 saturated carbocycles. The van der Waals surface area contributed by atoms with Gasteiger partial charge in [0.1, 0.15) is 31.7 Å². The molecule has 2 aromatic heterocycles. The smallest absolute Gasteiger partial charge is 0.419 e. The van der Waals surface area contributed by atoms with Crippen molar-refractivity contribution in [1.29, 1.82) is 0 Å². The van der Waals surface area contributed by atoms with Crippen molar-refractivity contribution in [1.82, 2.24) is 9.88 Å². The molecule has 0 amide bonds. The number of aryl methyl sites for hydroxylation is 1. The largest absolute Gasteiger partial charge is 0.494 e. The van der Waals surface area contributed by atoms with Gasteiger partial charge in [-0.25, -0.2) is 13.4 Å². The van der Waals surface area contributed by atoms with Crippen LogP contribution in [-0.4, -0.2) is 51.7 Å². The van der Waals surface area contributed by atoms with Crippen LogP contribution in [-0.2, 0) is 16.2 Å². The Morgan fingerprint density at radius 1 is 1.10 bits per heavy atom. The van der Waals surface area contributed by atoms with Gasteiger partial charge < -0.3 is 14.4 Å². The number of likely N-dealkylation sites (tertiary alicyclic amines) is 1. The highest BCUT2D eigenvalue weighted by Crippen LogP contribution is 2.43. The lowest BCUT2D eigenvalue weighted by Gasteiger charge is -2.19. The number of fused-ring (bicyclic) bond motifs is 1. The lowest BCUT2D eigenvalue weighted by molar-refractivity contribution is -0.139. The molecule has 1 saturated heterocycles. The number of ether oxygens (including phenoxy) is 2. The van der Waals surface area contributed by atoms with Crippen LogP contribution in [0.15, 0.2) is 52.7 Å². The molecule has 0 bridgehead atoms. The van der Waals surface area contributed by atoms with Gasteiger partial charge in [0.25, 0.3) is 10.0 Å². The van der Waals surface area contributed by atoms with E-state index in [-0.39, 0.29) is 14.2 Å². The SMILES string of the molecule is COc1ccc(-c2cc(S(=O)(=O)Nc3ccc(C(F)(F)F)c(O[C@@H]4CCN(C)C4)c3)sc2Cl)c2ccc(C)nc12. The lowest BCUT2D eigenvalue weighted by Crippen LogP contribution is -2.23. The van der Waals surface area contributed by atoms with Crippen molar-refractivity contribution in [3.8, 4) is 22.6 Å². The van der Waals surface area contributed by atoms with Crippen LogP contribution in [0.2, 0.25) is 4.34 Å². The van der Waals surface area contributed by atoms with Crippen molar-refractivity contribution in [3.63, 3.8) is 0 Å². The van der Waals surface area contributed by atoms with Crippen LogP contribution in [0.4, 0.5) is 18.9 Å². The molecular weight excluding hydrogens is 587 g/mol. The van der Waals surface area contributed by atoms with Gasteiger partial charge in [-0.15, -0.1) is 11.3 Å². The van der Waals surface area contributed by atoms with E-state index in [1.165, 1.54) is 13.2 Å². The molecule has 13 heteroatoms. The number of likely N-dealkylation sites (N-methyl/N-ethyl adjacent to an activating group) is 1. The summed E-state index contributed by atoms with van der Waals surface area (Å²) in [5.74, 6) is 0.137. The number of hydrogen-bond donors (Lipinski definition) is 1. The molecule has 4 aromatic rings. The molecule has 212 valence electrons. The maximum atomic E-state index is 13.7. The van der Waals surface area contributed by atoms with Crippen molar-refractivity contribution in [3.05, 3.63) is 64.1 Å². The van der Waals surface area contributed by atoms with Crippen LogP contribution in [0.1, 0.15) is 17.7 Å². The van der Waals surface area contributed by atoms with Crippen molar-refractivity contribution < 1.29 is 31.1 Å². The fourth-order valence-corrected chi connectivity index (χ4v) is 7.45. The van der Waals surface area contributed by atoms with E-state index in [9.17, 15) is 21.6 Å². The summed E-state index contributed by atoms with van der Waals surface area (Å²) >= 11 is 7.36. The molecule has 2 aromatic carbocycles. The number of methoxy groups -OCH3 is 1. The summed E-state index contributed by atoms with van der Waals surface area (Å²) in [5, 5.41) is 0.726. The number of aromatic nitrogens is 1. The van der Waals surface area contributed by atoms with Gasteiger partial charge in [0.2, 0.25) is 0 Å². The van der Waals surface area contributed by atoms with Crippen LogP contribution in [0.25, 0.3) is 22.0 Å². The topological polar surface area (TPSA) is 80.8 Å². The second-order valence-electron chi connectivity index (χ2n) is 9.52. The predicted molar refractivity (Wildman–Crippen MR) is 150 cm³/mol. The van der Waals surface area contributed by atoms with Gasteiger partial charge in [0, 0.05) is 35.8 Å². The summed E-state index contributed by atoms with van der Waals surface area (Å²) in [5.41, 5.74) is 1.50. The highest BCUT2D eigenvalue weighted by molar-refractivity contribution is 7.94. The van der Waals surface area contributed by atoms with E-state index in [0.717, 1.165) is 40.6 Å². The number of nitrogens with one attached hydrogen (secondary N) is 1. The number of pyridine rings is 1. The van der Waals surface area contributed by atoms with Gasteiger partial charge in [-0.2, -0.15) is 13.2 Å². The van der Waals surface area contributed by atoms with Crippen molar-refractivity contribution in [2.24, 2.45) is 0 Å². The third-order valence-electron chi connectivity index (χ3n) is 6.58. The average Bonchev–Trinajstić information content (AvgIpc) is 3.47. The van der Waals surface area contributed by atoms with E-state index in [2.05, 4.69) is 9.71 Å². The van der Waals surface area contributed by atoms with Gasteiger partial charge in [-0.3, -0.25) is 4.72 Å². The van der Waals surface area contributed by atoms with Crippen molar-refractivity contribution in [2.75, 3.05) is 32.0 Å². The zero-order chi connectivity index (χ0) is 28.8. The van der Waals surface area contributed by atoms with Crippen molar-refractivity contribution in [2.45, 2.75) is 29.8 Å². The zero-order valence-electron chi connectivity index (χ0n) is 21.7. The van der Waals surface area contributed by atoms with Crippen LogP contribution in [0, 0.1) is 6.92 Å². The Morgan fingerprint density at radius 2 is 1.88 bits per heavy atom. The Bertz CT molecular complexity index is 1690. The van der Waals surface area contributed by atoms with Crippen LogP contribution < -0.4 is 14.2 Å². The first-order valence-corrected chi connectivity index (χ1v) is 14.9. The Morgan fingerprint density at radius 3 is 2.55 bits per heavy atom. The summed E-state index contributed by atoms with van der Waals surface area (Å²) in [6.07, 6.45) is -4.54. The monoisotopic (exact) mass is 611 g/mol. The number of halogens is 4. The zero-order valence-corrected chi connectivity index (χ0v) is 24.1. The molecule has 0 spiro atoms. The Balaban J connectivity index is 1.48. The third kappa shape index (κ3) is 5.71. The summed E-state index contributed by atoms with van der Waals surface area (Å²) in [6, 6.07) is 11.6. The van der Waals surface area contributed by atoms with Crippen LogP contribution in [0.5, 0.6) is 11.5 Å². The fraction of sp³-hybridized carbons (Fsp3) is 0.296. The normalized spacial score (nSPS) is 16.4. The average molecular weight is 612 g/mol. The molecular formula is C27H25ClF3N3O4S2. The second-order valence-corrected chi connectivity index (χ2v) is 13.1. The minimum absolute atomic E-state index is 0.0602. The maximum absolute atomic E-state index is 13.7. The number of rotatable bonds is 7. The van der Waals surface area contributed by atoms with Gasteiger partial charge in [0.15, 0.2) is 0 Å². The lowest BCUT2D eigenvalue weighted by atomic mass is 10.0. The van der Waals surface area contributed by atoms with E-state index in [1.807, 2.05) is 31.0 Å². The summed E-state index contributed by atoms with van der Waals surface area (Å²) in [7, 11) is -0.808. The molecule has 3 heterocycles. The summed E-state index contributed by atoms with van der Waals surface area (Å²) < 4.78 is 81.3. The fourth-order valence-electron chi connectivity index (χ4n) is 4.65. The van der Waals surface area contributed by atoms with E-state index < -0.39 is 33.6 Å². The van der Waals surface area contributed by atoms with Crippen LogP contribution in [0.3, 0.4) is 0 Å². The molecule has 0 aliphatic carbocycles. The van der Waals surface area contributed by atoms with E-state index in [0.29, 0.717) is 41.9 Å². The predicted octanol–water partition coefficient (Wildman–Crippen LogP) is 6.84. The minimum atomic E-state index is -4.66. The van der Waals surface area contributed by atoms with Crippen molar-refractivity contribution >= 4 is 49.6 Å². The molecule has 1 atom stereocenters. The highest BCUT2D eigenvalue weighted by atomic mass is 35.5. The summed E-state index contributed by atoms with van der Waals surface area (Å²) in [4.78, 5) is 6.51. The number of hydrogen-bond acceptors (Lipinski definition) is 7. The molecule has 0 unspecified atom stereocenters. The quantitative estimate of drug-likeness (QED) is 0.247. The van der Waals surface area contributed by atoms with Gasteiger partial charge in [-0.05, 0) is 62.4 Å². The van der Waals surface area contributed by atoms with Gasteiger partial charge in [-0.1, -0.05) is 17.7 Å². The maximum Gasteiger partial charge on any atom is 0.419 e. The number of nitrogens with zero attached hydrogens (tertiary/aromatic N) is 2. The first-order chi connectivity index (χ1) is 18.9. The summed E-state index contributed by atoms with van der Waals surface area (Å²) in [6.45, 7) is 3.02. The number of sulfonamides is 1. The molecule has 0 radical (unpaired) electrons. The Labute approximate surface area is 238 Å². The van der Waals surface area contributed by atoms with Gasteiger partial charge >= 0.3 is 6.18 Å². The number of alkyl halides is 3. The minimum Gasteiger partial charge on any atom is -0.494 e. The van der Waals surface area contributed by atoms with Crippen LogP contribution >= 0.6 is 22.9 Å². The molecule has 1 aliphatic heterocycles. The van der Waals surface area contributed by atoms with E-state index >= 15 is 0 Å². The molecule has 1 fully saturated rings. The first-order valence-electron chi connectivity index (χ1n) is 12.2. The molecule has 5 rings (SSSR count).